The van der Waals surface area contributed by atoms with Crippen molar-refractivity contribution >= 4 is 6.03 Å². The fourth-order valence-electron chi connectivity index (χ4n) is 4.19. The molecule has 3 rings (SSSR count). The van der Waals surface area contributed by atoms with Gasteiger partial charge in [0.2, 0.25) is 0 Å². The molecule has 0 spiro atoms. The minimum atomic E-state index is 0.0821. The molecule has 2 aliphatic rings. The number of urea groups is 1. The second-order valence-corrected chi connectivity index (χ2v) is 7.96. The molecule has 5 heteroatoms. The molecule has 0 saturated carbocycles. The third kappa shape index (κ3) is 5.61. The third-order valence-corrected chi connectivity index (χ3v) is 5.89. The number of carbonyl (C=O) groups is 1. The van der Waals surface area contributed by atoms with E-state index in [4.69, 9.17) is 4.74 Å². The molecular formula is C22H35N3O2. The number of hydrogen-bond donors (Lipinski definition) is 1. The summed E-state index contributed by atoms with van der Waals surface area (Å²) in [6.45, 7) is 10.1. The summed E-state index contributed by atoms with van der Waals surface area (Å²) in [5.41, 5.74) is 1.20. The highest BCUT2D eigenvalue weighted by Crippen LogP contribution is 2.32. The van der Waals surface area contributed by atoms with E-state index in [-0.39, 0.29) is 12.1 Å². The summed E-state index contributed by atoms with van der Waals surface area (Å²) >= 11 is 0. The number of hydrogen-bond acceptors (Lipinski definition) is 3. The highest BCUT2D eigenvalue weighted by atomic mass is 16.5. The van der Waals surface area contributed by atoms with E-state index in [1.165, 1.54) is 31.5 Å². The topological polar surface area (TPSA) is 44.8 Å². The van der Waals surface area contributed by atoms with E-state index in [1.807, 2.05) is 24.0 Å². The van der Waals surface area contributed by atoms with E-state index < -0.39 is 0 Å². The molecule has 150 valence electrons. The molecule has 2 aliphatic heterocycles. The number of nitrogens with zero attached hydrogens (tertiary/aromatic N) is 2. The van der Waals surface area contributed by atoms with Gasteiger partial charge in [-0.3, -0.25) is 0 Å². The number of piperidine rings is 1. The van der Waals surface area contributed by atoms with E-state index in [9.17, 15) is 4.79 Å². The number of amides is 2. The van der Waals surface area contributed by atoms with Crippen molar-refractivity contribution < 1.29 is 9.53 Å². The molecule has 5 nitrogen and oxygen atoms in total. The molecule has 1 unspecified atom stereocenters. The molecule has 0 aliphatic carbocycles. The van der Waals surface area contributed by atoms with E-state index in [2.05, 4.69) is 29.3 Å². The van der Waals surface area contributed by atoms with Gasteiger partial charge in [0.05, 0.1) is 12.6 Å². The fraction of sp³-hybridized carbons (Fsp3) is 0.682. The Labute approximate surface area is 164 Å². The molecule has 2 saturated heterocycles. The van der Waals surface area contributed by atoms with E-state index in [0.717, 1.165) is 50.6 Å². The lowest BCUT2D eigenvalue weighted by molar-refractivity contribution is 0.183. The van der Waals surface area contributed by atoms with Gasteiger partial charge in [0.15, 0.2) is 0 Å². The molecule has 0 bridgehead atoms. The molecule has 2 amide bonds. The summed E-state index contributed by atoms with van der Waals surface area (Å²) in [6.07, 6.45) is 5.75. The van der Waals surface area contributed by atoms with Crippen LogP contribution in [0.1, 0.15) is 57.6 Å². The first-order valence-electron chi connectivity index (χ1n) is 10.7. The van der Waals surface area contributed by atoms with Gasteiger partial charge in [-0.25, -0.2) is 4.79 Å². The van der Waals surface area contributed by atoms with Gasteiger partial charge in [-0.15, -0.1) is 0 Å². The number of benzene rings is 1. The van der Waals surface area contributed by atoms with Gasteiger partial charge in [-0.05, 0) is 82.3 Å². The van der Waals surface area contributed by atoms with Crippen LogP contribution >= 0.6 is 0 Å². The van der Waals surface area contributed by atoms with Crippen molar-refractivity contribution in [3.05, 3.63) is 29.8 Å². The van der Waals surface area contributed by atoms with E-state index in [0.29, 0.717) is 6.61 Å². The summed E-state index contributed by atoms with van der Waals surface area (Å²) in [5, 5.41) is 3.14. The number of carbonyl (C=O) groups excluding carboxylic acids is 1. The lowest BCUT2D eigenvalue weighted by Crippen LogP contribution is -2.41. The summed E-state index contributed by atoms with van der Waals surface area (Å²) in [6, 6.07) is 8.47. The Hall–Kier alpha value is -1.75. The van der Waals surface area contributed by atoms with Gasteiger partial charge in [0.1, 0.15) is 5.75 Å². The molecule has 2 fully saturated rings. The normalized spacial score (nSPS) is 21.4. The second kappa shape index (κ2) is 9.98. The van der Waals surface area contributed by atoms with Gasteiger partial charge in [-0.1, -0.05) is 19.1 Å². The SMILES string of the molecule is CCOc1ccc(C2CCCN2C(=O)NCCCN2CCC(C)CC2)cc1. The number of rotatable bonds is 7. The zero-order chi connectivity index (χ0) is 19.1. The zero-order valence-corrected chi connectivity index (χ0v) is 17.0. The average Bonchev–Trinajstić information content (AvgIpc) is 3.17. The molecule has 0 radical (unpaired) electrons. The van der Waals surface area contributed by atoms with E-state index >= 15 is 0 Å². The standard InChI is InChI=1S/C22H35N3O2/c1-3-27-20-9-7-19(8-10-20)21-6-4-15-25(21)22(26)23-13-5-14-24-16-11-18(2)12-17-24/h7-10,18,21H,3-6,11-17H2,1-2H3,(H,23,26). The van der Waals surface area contributed by atoms with Crippen molar-refractivity contribution in [1.82, 2.24) is 15.1 Å². The first-order valence-corrected chi connectivity index (χ1v) is 10.7. The van der Waals surface area contributed by atoms with Crippen LogP contribution in [0.3, 0.4) is 0 Å². The average molecular weight is 374 g/mol. The highest BCUT2D eigenvalue weighted by molar-refractivity contribution is 5.75. The van der Waals surface area contributed by atoms with Crippen LogP contribution in [0, 0.1) is 5.92 Å². The van der Waals surface area contributed by atoms with Crippen LogP contribution in [0.25, 0.3) is 0 Å². The third-order valence-electron chi connectivity index (χ3n) is 5.89. The maximum atomic E-state index is 12.7. The van der Waals surface area contributed by atoms with E-state index in [1.54, 1.807) is 0 Å². The highest BCUT2D eigenvalue weighted by Gasteiger charge is 2.29. The lowest BCUT2D eigenvalue weighted by Gasteiger charge is -2.30. The molecule has 1 aromatic rings. The summed E-state index contributed by atoms with van der Waals surface area (Å²) < 4.78 is 5.52. The Morgan fingerprint density at radius 2 is 1.89 bits per heavy atom. The summed E-state index contributed by atoms with van der Waals surface area (Å²) in [4.78, 5) is 17.2. The number of ether oxygens (including phenoxy) is 1. The molecular weight excluding hydrogens is 338 g/mol. The molecule has 2 heterocycles. The van der Waals surface area contributed by atoms with Crippen molar-refractivity contribution in [1.29, 1.82) is 0 Å². The first-order chi connectivity index (χ1) is 13.2. The lowest BCUT2D eigenvalue weighted by atomic mass is 9.99. The van der Waals surface area contributed by atoms with Crippen molar-refractivity contribution in [2.24, 2.45) is 5.92 Å². The molecule has 1 aromatic carbocycles. The van der Waals surface area contributed by atoms with Crippen molar-refractivity contribution in [3.8, 4) is 5.75 Å². The monoisotopic (exact) mass is 373 g/mol. The molecule has 1 N–H and O–H groups in total. The predicted molar refractivity (Wildman–Crippen MR) is 109 cm³/mol. The Bertz CT molecular complexity index is 582. The Morgan fingerprint density at radius 1 is 1.15 bits per heavy atom. The van der Waals surface area contributed by atoms with Crippen LogP contribution < -0.4 is 10.1 Å². The van der Waals surface area contributed by atoms with Crippen molar-refractivity contribution in [3.63, 3.8) is 0 Å². The Morgan fingerprint density at radius 3 is 2.59 bits per heavy atom. The maximum absolute atomic E-state index is 12.7. The van der Waals surface area contributed by atoms with Gasteiger partial charge in [0, 0.05) is 13.1 Å². The van der Waals surface area contributed by atoms with Crippen LogP contribution in [0.5, 0.6) is 5.75 Å². The summed E-state index contributed by atoms with van der Waals surface area (Å²) in [7, 11) is 0. The minimum Gasteiger partial charge on any atom is -0.494 e. The summed E-state index contributed by atoms with van der Waals surface area (Å²) in [5.74, 6) is 1.76. The fourth-order valence-corrected chi connectivity index (χ4v) is 4.19. The predicted octanol–water partition coefficient (Wildman–Crippen LogP) is 4.05. The first kappa shape index (κ1) is 20.0. The van der Waals surface area contributed by atoms with Crippen LogP contribution in [-0.4, -0.2) is 55.2 Å². The van der Waals surface area contributed by atoms with Crippen LogP contribution in [0.2, 0.25) is 0 Å². The van der Waals surface area contributed by atoms with Crippen molar-refractivity contribution in [2.75, 3.05) is 39.3 Å². The van der Waals surface area contributed by atoms with Gasteiger partial charge < -0.3 is 19.9 Å². The molecule has 1 atom stereocenters. The van der Waals surface area contributed by atoms with Crippen molar-refractivity contribution in [2.45, 2.75) is 52.0 Å². The minimum absolute atomic E-state index is 0.0821. The second-order valence-electron chi connectivity index (χ2n) is 7.96. The van der Waals surface area contributed by atoms with Crippen LogP contribution in [0.15, 0.2) is 24.3 Å². The van der Waals surface area contributed by atoms with Crippen LogP contribution in [0.4, 0.5) is 4.79 Å². The molecule has 27 heavy (non-hydrogen) atoms. The quantitative estimate of drug-likeness (QED) is 0.733. The van der Waals surface area contributed by atoms with Gasteiger partial charge in [0.25, 0.3) is 0 Å². The number of nitrogens with one attached hydrogen (secondary N) is 1. The largest absolute Gasteiger partial charge is 0.494 e. The maximum Gasteiger partial charge on any atom is 0.317 e. The zero-order valence-electron chi connectivity index (χ0n) is 17.0. The Kier molecular flexibility index (Phi) is 7.39. The van der Waals surface area contributed by atoms with Crippen LogP contribution in [-0.2, 0) is 0 Å². The van der Waals surface area contributed by atoms with Gasteiger partial charge >= 0.3 is 6.03 Å². The smallest absolute Gasteiger partial charge is 0.317 e. The Balaban J connectivity index is 1.43. The number of likely N-dealkylation sites (tertiary alicyclic amines) is 2. The van der Waals surface area contributed by atoms with Gasteiger partial charge in [-0.2, -0.15) is 0 Å². The molecule has 0 aromatic heterocycles.